The molecular weight excluding hydrogens is 330 g/mol. The lowest BCUT2D eigenvalue weighted by atomic mass is 10.2. The molecule has 122 valence electrons. The van der Waals surface area contributed by atoms with Gasteiger partial charge in [0.2, 0.25) is 0 Å². The SMILES string of the molecule is C=C(C)C(=O)OCc1ccc(-n2nc3ccc(Cl)cc3n2)c(O)c1. The molecule has 0 atom stereocenters. The highest BCUT2D eigenvalue weighted by atomic mass is 35.5. The number of carbonyl (C=O) groups excluding carboxylic acids is 1. The first-order chi connectivity index (χ1) is 11.4. The van der Waals surface area contributed by atoms with E-state index in [0.717, 1.165) is 0 Å². The Morgan fingerprint density at radius 1 is 1.25 bits per heavy atom. The molecule has 0 saturated heterocycles. The predicted octanol–water partition coefficient (Wildman–Crippen LogP) is 3.40. The Morgan fingerprint density at radius 3 is 2.71 bits per heavy atom. The highest BCUT2D eigenvalue weighted by molar-refractivity contribution is 6.31. The van der Waals surface area contributed by atoms with E-state index in [-0.39, 0.29) is 12.4 Å². The number of rotatable bonds is 4. The van der Waals surface area contributed by atoms with Gasteiger partial charge < -0.3 is 9.84 Å². The number of phenols is 1. The summed E-state index contributed by atoms with van der Waals surface area (Å²) >= 11 is 5.93. The number of ether oxygens (including phenoxy) is 1. The van der Waals surface area contributed by atoms with Gasteiger partial charge in [-0.2, -0.15) is 0 Å². The number of phenolic OH excluding ortho intramolecular Hbond substituents is 1. The maximum absolute atomic E-state index is 11.4. The van der Waals surface area contributed by atoms with Crippen molar-refractivity contribution in [1.82, 2.24) is 15.0 Å². The highest BCUT2D eigenvalue weighted by Crippen LogP contribution is 2.24. The van der Waals surface area contributed by atoms with E-state index in [9.17, 15) is 9.90 Å². The van der Waals surface area contributed by atoms with Crippen LogP contribution < -0.4 is 0 Å². The topological polar surface area (TPSA) is 77.2 Å². The van der Waals surface area contributed by atoms with E-state index in [1.807, 2.05) is 0 Å². The second-order valence-electron chi connectivity index (χ2n) is 5.30. The van der Waals surface area contributed by atoms with Crippen LogP contribution in [0.25, 0.3) is 16.7 Å². The van der Waals surface area contributed by atoms with Crippen LogP contribution in [0.5, 0.6) is 5.75 Å². The molecule has 24 heavy (non-hydrogen) atoms. The smallest absolute Gasteiger partial charge is 0.333 e. The van der Waals surface area contributed by atoms with Crippen LogP contribution in [0.2, 0.25) is 5.02 Å². The average Bonchev–Trinajstić information content (AvgIpc) is 2.95. The largest absolute Gasteiger partial charge is 0.506 e. The minimum atomic E-state index is -0.476. The lowest BCUT2D eigenvalue weighted by molar-refractivity contribution is -0.140. The average molecular weight is 344 g/mol. The van der Waals surface area contributed by atoms with Crippen molar-refractivity contribution >= 4 is 28.6 Å². The minimum Gasteiger partial charge on any atom is -0.506 e. The summed E-state index contributed by atoms with van der Waals surface area (Å²) in [6.45, 7) is 5.13. The third-order valence-corrected chi connectivity index (χ3v) is 3.55. The van der Waals surface area contributed by atoms with Crippen LogP contribution in [-0.4, -0.2) is 26.1 Å². The first-order valence-electron chi connectivity index (χ1n) is 7.11. The minimum absolute atomic E-state index is 0.0229. The van der Waals surface area contributed by atoms with Gasteiger partial charge in [0.15, 0.2) is 0 Å². The van der Waals surface area contributed by atoms with E-state index < -0.39 is 5.97 Å². The van der Waals surface area contributed by atoms with Crippen LogP contribution in [-0.2, 0) is 16.1 Å². The third-order valence-electron chi connectivity index (χ3n) is 3.32. The summed E-state index contributed by atoms with van der Waals surface area (Å²) in [6, 6.07) is 10.1. The number of aromatic nitrogens is 3. The fourth-order valence-corrected chi connectivity index (χ4v) is 2.26. The number of halogens is 1. The Bertz CT molecular complexity index is 949. The Kier molecular flexibility index (Phi) is 4.22. The van der Waals surface area contributed by atoms with Gasteiger partial charge in [0.1, 0.15) is 29.1 Å². The Morgan fingerprint density at radius 2 is 2.00 bits per heavy atom. The number of fused-ring (bicyclic) bond motifs is 1. The van der Waals surface area contributed by atoms with Crippen molar-refractivity contribution in [3.63, 3.8) is 0 Å². The summed E-state index contributed by atoms with van der Waals surface area (Å²) in [7, 11) is 0. The summed E-state index contributed by atoms with van der Waals surface area (Å²) in [5, 5.41) is 19.4. The molecule has 0 radical (unpaired) electrons. The van der Waals surface area contributed by atoms with Crippen molar-refractivity contribution in [2.24, 2.45) is 0 Å². The molecule has 7 heteroatoms. The maximum Gasteiger partial charge on any atom is 0.333 e. The number of hydrogen-bond acceptors (Lipinski definition) is 5. The monoisotopic (exact) mass is 343 g/mol. The molecule has 0 saturated carbocycles. The molecule has 0 spiro atoms. The molecule has 1 aromatic heterocycles. The fraction of sp³-hybridized carbons (Fsp3) is 0.118. The molecule has 0 unspecified atom stereocenters. The lowest BCUT2D eigenvalue weighted by Gasteiger charge is -2.07. The molecule has 0 amide bonds. The number of carbonyl (C=O) groups is 1. The molecule has 0 aliphatic heterocycles. The van der Waals surface area contributed by atoms with Gasteiger partial charge in [0.25, 0.3) is 0 Å². The molecule has 0 aliphatic carbocycles. The summed E-state index contributed by atoms with van der Waals surface area (Å²) in [6.07, 6.45) is 0. The first-order valence-corrected chi connectivity index (χ1v) is 7.49. The second-order valence-corrected chi connectivity index (χ2v) is 5.74. The molecule has 3 aromatic rings. The van der Waals surface area contributed by atoms with Gasteiger partial charge in [-0.1, -0.05) is 24.2 Å². The van der Waals surface area contributed by atoms with E-state index in [2.05, 4.69) is 16.8 Å². The normalized spacial score (nSPS) is 10.8. The number of aromatic hydroxyl groups is 1. The van der Waals surface area contributed by atoms with Crippen molar-refractivity contribution in [3.05, 3.63) is 59.1 Å². The van der Waals surface area contributed by atoms with Crippen LogP contribution in [0.4, 0.5) is 0 Å². The van der Waals surface area contributed by atoms with E-state index in [4.69, 9.17) is 16.3 Å². The lowest BCUT2D eigenvalue weighted by Crippen LogP contribution is -2.05. The van der Waals surface area contributed by atoms with Gasteiger partial charge in [-0.15, -0.1) is 15.0 Å². The molecule has 0 aliphatic rings. The maximum atomic E-state index is 11.4. The Labute approximate surface area is 142 Å². The van der Waals surface area contributed by atoms with Gasteiger partial charge in [-0.3, -0.25) is 0 Å². The Hall–Kier alpha value is -2.86. The zero-order valence-corrected chi connectivity index (χ0v) is 13.6. The van der Waals surface area contributed by atoms with Crippen molar-refractivity contribution in [1.29, 1.82) is 0 Å². The van der Waals surface area contributed by atoms with Gasteiger partial charge in [-0.25, -0.2) is 4.79 Å². The summed E-state index contributed by atoms with van der Waals surface area (Å²) in [4.78, 5) is 12.7. The van der Waals surface area contributed by atoms with Crippen LogP contribution >= 0.6 is 11.6 Å². The molecule has 1 N–H and O–H groups in total. The molecule has 2 aromatic carbocycles. The van der Waals surface area contributed by atoms with E-state index in [0.29, 0.717) is 32.9 Å². The van der Waals surface area contributed by atoms with Gasteiger partial charge >= 0.3 is 5.97 Å². The van der Waals surface area contributed by atoms with E-state index in [1.54, 1.807) is 37.3 Å². The first kappa shape index (κ1) is 16.0. The van der Waals surface area contributed by atoms with Gasteiger partial charge in [-0.05, 0) is 42.8 Å². The molecule has 3 rings (SSSR count). The van der Waals surface area contributed by atoms with E-state index in [1.165, 1.54) is 10.9 Å². The van der Waals surface area contributed by atoms with E-state index >= 15 is 0 Å². The molecule has 6 nitrogen and oxygen atoms in total. The number of esters is 1. The van der Waals surface area contributed by atoms with Crippen molar-refractivity contribution < 1.29 is 14.6 Å². The number of nitrogens with zero attached hydrogens (tertiary/aromatic N) is 3. The molecular formula is C17H14ClN3O3. The number of benzene rings is 2. The van der Waals surface area contributed by atoms with Crippen molar-refractivity contribution in [3.8, 4) is 11.4 Å². The molecule has 1 heterocycles. The van der Waals surface area contributed by atoms with Crippen LogP contribution in [0.3, 0.4) is 0 Å². The number of hydrogen-bond donors (Lipinski definition) is 1. The van der Waals surface area contributed by atoms with Crippen molar-refractivity contribution in [2.45, 2.75) is 13.5 Å². The van der Waals surface area contributed by atoms with Crippen molar-refractivity contribution in [2.75, 3.05) is 0 Å². The molecule has 0 bridgehead atoms. The standard InChI is InChI=1S/C17H14ClN3O3/c1-10(2)17(23)24-9-11-3-6-15(16(22)7-11)21-19-13-5-4-12(18)8-14(13)20-21/h3-8,22H,1,9H2,2H3. The fourth-order valence-electron chi connectivity index (χ4n) is 2.10. The third kappa shape index (κ3) is 3.23. The summed E-state index contributed by atoms with van der Waals surface area (Å²) < 4.78 is 5.05. The van der Waals surface area contributed by atoms with Crippen LogP contribution in [0.15, 0.2) is 48.6 Å². The quantitative estimate of drug-likeness (QED) is 0.580. The highest BCUT2D eigenvalue weighted by Gasteiger charge is 2.11. The van der Waals surface area contributed by atoms with Crippen LogP contribution in [0.1, 0.15) is 12.5 Å². The summed E-state index contributed by atoms with van der Waals surface area (Å²) in [5.74, 6) is -0.499. The zero-order chi connectivity index (χ0) is 17.3. The van der Waals surface area contributed by atoms with Gasteiger partial charge in [0.05, 0.1) is 0 Å². The zero-order valence-electron chi connectivity index (χ0n) is 12.9. The predicted molar refractivity (Wildman–Crippen MR) is 90.1 cm³/mol. The van der Waals surface area contributed by atoms with Crippen LogP contribution in [0, 0.1) is 0 Å². The second kappa shape index (κ2) is 6.33. The molecule has 0 fully saturated rings. The Balaban J connectivity index is 1.86. The summed E-state index contributed by atoms with van der Waals surface area (Å²) in [5.41, 5.74) is 2.67. The van der Waals surface area contributed by atoms with Gasteiger partial charge in [0, 0.05) is 10.6 Å².